The highest BCUT2D eigenvalue weighted by molar-refractivity contribution is 7.84. The summed E-state index contributed by atoms with van der Waals surface area (Å²) in [5.74, 6) is -3.59. The topological polar surface area (TPSA) is 151 Å². The summed E-state index contributed by atoms with van der Waals surface area (Å²) < 4.78 is 108. The van der Waals surface area contributed by atoms with Gasteiger partial charge in [0.05, 0.1) is 6.10 Å². The lowest BCUT2D eigenvalue weighted by Crippen LogP contribution is -2.47. The predicted octanol–water partition coefficient (Wildman–Crippen LogP) is 8.57. The molecule has 0 radical (unpaired) electrons. The highest BCUT2D eigenvalue weighted by Crippen LogP contribution is 2.65. The molecule has 0 amide bonds. The van der Waals surface area contributed by atoms with Crippen LogP contribution >= 0.6 is 15.6 Å². The first-order valence-corrected chi connectivity index (χ1v) is 21.7. The highest BCUT2D eigenvalue weighted by atomic mass is 32.2. The third-order valence-corrected chi connectivity index (χ3v) is 13.5. The van der Waals surface area contributed by atoms with Gasteiger partial charge in [0.2, 0.25) is 0 Å². The molecule has 1 unspecified atom stereocenters. The Morgan fingerprint density at radius 1 is 0.878 bits per heavy atom. The summed E-state index contributed by atoms with van der Waals surface area (Å²) in [5, 5.41) is 0. The molecule has 4 rings (SSSR count). The van der Waals surface area contributed by atoms with E-state index in [9.17, 15) is 54.9 Å². The average molecular weight is 767 g/mol. The fraction of sp³-hybridized carbons (Fsp3) is 0.812. The van der Waals surface area contributed by atoms with Gasteiger partial charge in [-0.25, -0.2) is 9.13 Å². The number of rotatable bonds is 18. The first-order valence-electron chi connectivity index (χ1n) is 17.1. The quantitative estimate of drug-likeness (QED) is 0.0655. The average Bonchev–Trinajstić information content (AvgIpc) is 3.28. The van der Waals surface area contributed by atoms with Crippen molar-refractivity contribution in [2.45, 2.75) is 127 Å². The van der Waals surface area contributed by atoms with Crippen LogP contribution in [0.3, 0.4) is 0 Å². The van der Waals surface area contributed by atoms with Crippen LogP contribution in [0, 0.1) is 23.2 Å². The number of phosphoric ester groups is 2. The molecule has 3 aliphatic rings. The van der Waals surface area contributed by atoms with Crippen molar-refractivity contribution < 1.29 is 63.9 Å². The highest BCUT2D eigenvalue weighted by Gasteiger charge is 2.58. The van der Waals surface area contributed by atoms with Gasteiger partial charge in [0.1, 0.15) is 5.75 Å². The molecular weight excluding hydrogens is 717 g/mol. The monoisotopic (exact) mass is 766 g/mol. The molecular formula is C32H49F5O9P2S. The number of hydrogen-bond donors (Lipinski definition) is 4. The van der Waals surface area contributed by atoms with E-state index in [-0.39, 0.29) is 46.3 Å². The van der Waals surface area contributed by atoms with E-state index in [1.807, 2.05) is 6.07 Å². The Bertz CT molecular complexity index is 1390. The summed E-state index contributed by atoms with van der Waals surface area (Å²) in [6, 6.07) is 5.22. The first kappa shape index (κ1) is 40.8. The van der Waals surface area contributed by atoms with E-state index in [0.29, 0.717) is 19.3 Å². The van der Waals surface area contributed by atoms with Gasteiger partial charge >= 0.3 is 27.7 Å². The second kappa shape index (κ2) is 16.4. The lowest BCUT2D eigenvalue weighted by molar-refractivity contribution is -0.284. The minimum atomic E-state index is -5.59. The molecule has 1 aromatic rings. The second-order valence-corrected chi connectivity index (χ2v) is 18.4. The normalized spacial score (nSPS) is 28.1. The minimum Gasteiger partial charge on any atom is -0.404 e. The van der Waals surface area contributed by atoms with Gasteiger partial charge in [0, 0.05) is 28.7 Å². The predicted molar refractivity (Wildman–Crippen MR) is 175 cm³/mol. The number of benzene rings is 1. The van der Waals surface area contributed by atoms with E-state index in [1.54, 1.807) is 12.1 Å². The van der Waals surface area contributed by atoms with Crippen molar-refractivity contribution >= 4 is 26.4 Å². The fourth-order valence-corrected chi connectivity index (χ4v) is 11.0. The molecule has 0 bridgehead atoms. The molecule has 3 aliphatic carbocycles. The molecule has 17 heteroatoms. The molecule has 0 heterocycles. The molecule has 2 fully saturated rings. The zero-order valence-electron chi connectivity index (χ0n) is 27.7. The fourth-order valence-electron chi connectivity index (χ4n) is 8.79. The third kappa shape index (κ3) is 11.0. The zero-order chi connectivity index (χ0) is 36.3. The molecule has 0 aliphatic heterocycles. The first-order chi connectivity index (χ1) is 22.7. The summed E-state index contributed by atoms with van der Waals surface area (Å²) in [4.78, 5) is 37.9. The molecule has 1 aromatic carbocycles. The number of fused-ring (bicyclic) bond motifs is 5. The van der Waals surface area contributed by atoms with E-state index in [0.717, 1.165) is 75.3 Å². The Morgan fingerprint density at radius 2 is 1.51 bits per heavy atom. The van der Waals surface area contributed by atoms with Gasteiger partial charge in [-0.1, -0.05) is 51.5 Å². The molecule has 7 atom stereocenters. The van der Waals surface area contributed by atoms with Crippen molar-refractivity contribution in [2.75, 3.05) is 11.5 Å². The van der Waals surface area contributed by atoms with Gasteiger partial charge in [-0.15, -0.1) is 0 Å². The van der Waals surface area contributed by atoms with Crippen LogP contribution < -0.4 is 4.52 Å². The summed E-state index contributed by atoms with van der Waals surface area (Å²) in [6.07, 6.45) is 2.83. The third-order valence-electron chi connectivity index (χ3n) is 11.0. The van der Waals surface area contributed by atoms with Gasteiger partial charge < -0.3 is 14.3 Å². The van der Waals surface area contributed by atoms with E-state index >= 15 is 0 Å². The number of unbranched alkanes of at least 4 members (excludes halogenated alkanes) is 6. The van der Waals surface area contributed by atoms with Crippen LogP contribution in [0.1, 0.15) is 114 Å². The van der Waals surface area contributed by atoms with Crippen LogP contribution in [-0.4, -0.2) is 53.5 Å². The molecule has 9 nitrogen and oxygen atoms in total. The summed E-state index contributed by atoms with van der Waals surface area (Å²) in [5.41, 5.74) is 1.77. The Hall–Kier alpha value is -0.920. The Kier molecular flexibility index (Phi) is 13.7. The SMILES string of the molecule is C[C@]12CC[C@@H]3c4ccc(OP(=O)(O)O)cc4C[C@@H](CCCCCCCCCS(=O)CCCC(F)(F)C(F)(F)F)[C@H]3[C@@H]1CC[C@@H]2OP(=O)(O)O. The number of hydrogen-bond acceptors (Lipinski definition) is 5. The van der Waals surface area contributed by atoms with Crippen LogP contribution in [0.4, 0.5) is 22.0 Å². The smallest absolute Gasteiger partial charge is 0.404 e. The van der Waals surface area contributed by atoms with Crippen LogP contribution in [0.25, 0.3) is 0 Å². The molecule has 0 spiro atoms. The van der Waals surface area contributed by atoms with Crippen LogP contribution in [0.2, 0.25) is 0 Å². The second-order valence-electron chi connectivity index (χ2n) is 14.3. The van der Waals surface area contributed by atoms with Crippen molar-refractivity contribution in [1.82, 2.24) is 0 Å². The van der Waals surface area contributed by atoms with Gasteiger partial charge in [0.15, 0.2) is 0 Å². The Labute approximate surface area is 287 Å². The van der Waals surface area contributed by atoms with Crippen molar-refractivity contribution in [3.05, 3.63) is 29.3 Å². The minimum absolute atomic E-state index is 0.118. The molecule has 0 aromatic heterocycles. The largest absolute Gasteiger partial charge is 0.524 e. The van der Waals surface area contributed by atoms with Gasteiger partial charge in [-0.05, 0) is 104 Å². The number of phosphoric acid groups is 2. The van der Waals surface area contributed by atoms with E-state index < -0.39 is 57.5 Å². The zero-order valence-corrected chi connectivity index (χ0v) is 30.3. The van der Waals surface area contributed by atoms with Crippen LogP contribution in [0.15, 0.2) is 18.2 Å². The van der Waals surface area contributed by atoms with Crippen molar-refractivity contribution in [3.8, 4) is 5.75 Å². The summed E-state index contributed by atoms with van der Waals surface area (Å²) >= 11 is 0. The lowest BCUT2D eigenvalue weighted by Gasteiger charge is -2.53. The maximum atomic E-state index is 13.0. The van der Waals surface area contributed by atoms with Gasteiger partial charge in [-0.2, -0.15) is 22.0 Å². The lowest BCUT2D eigenvalue weighted by atomic mass is 9.52. The number of alkyl halides is 5. The van der Waals surface area contributed by atoms with Crippen LogP contribution in [-0.2, 0) is 30.9 Å². The van der Waals surface area contributed by atoms with E-state index in [4.69, 9.17) is 9.05 Å². The Morgan fingerprint density at radius 3 is 2.14 bits per heavy atom. The van der Waals surface area contributed by atoms with E-state index in [2.05, 4.69) is 6.92 Å². The molecule has 282 valence electrons. The molecule has 49 heavy (non-hydrogen) atoms. The molecule has 4 N–H and O–H groups in total. The molecule has 2 saturated carbocycles. The Balaban J connectivity index is 1.28. The van der Waals surface area contributed by atoms with Gasteiger partial charge in [0.25, 0.3) is 0 Å². The standard InChI is InChI=1S/C32H49F5O9P2S/c1-30-17-15-26-25-12-11-24(45-47(38,39)40)21-23(25)20-22(29(26)27(30)13-14-28(30)46-48(41,42)43)10-7-5-3-2-4-6-8-18-49(44)19-9-16-31(33,34)32(35,36)37/h11-12,21-22,26-29H,2-10,13-20H2,1H3,(H2,38,39,40)(H2,41,42,43)/t22-,26-,27+,28+,29-,30+,49?/m1/s1. The maximum absolute atomic E-state index is 13.0. The van der Waals surface area contributed by atoms with E-state index in [1.165, 1.54) is 0 Å². The molecule has 0 saturated heterocycles. The van der Waals surface area contributed by atoms with Gasteiger partial charge in [-0.3, -0.25) is 18.5 Å². The number of halogens is 5. The van der Waals surface area contributed by atoms with Crippen LogP contribution in [0.5, 0.6) is 5.75 Å². The summed E-state index contributed by atoms with van der Waals surface area (Å²) in [6.45, 7) is 2.09. The summed E-state index contributed by atoms with van der Waals surface area (Å²) in [7, 11) is -10.8. The van der Waals surface area contributed by atoms with Crippen molar-refractivity contribution in [1.29, 1.82) is 0 Å². The van der Waals surface area contributed by atoms with Crippen molar-refractivity contribution in [3.63, 3.8) is 0 Å². The maximum Gasteiger partial charge on any atom is 0.524 e. The van der Waals surface area contributed by atoms with Crippen molar-refractivity contribution in [2.24, 2.45) is 23.2 Å².